The van der Waals surface area contributed by atoms with Crippen molar-refractivity contribution in [3.05, 3.63) is 65.0 Å². The predicted molar refractivity (Wildman–Crippen MR) is 152 cm³/mol. The molecule has 0 atom stereocenters. The SMILES string of the molecule is C=C(C)c1cc(N(CC(=O)NCCNCC)CC(=O)N(C)N2Cc3ccc(F)cc3C2)c(C)cc1N(C)C. The zero-order chi connectivity index (χ0) is 28.0. The van der Waals surface area contributed by atoms with E-state index in [-0.39, 0.29) is 30.7 Å². The van der Waals surface area contributed by atoms with E-state index < -0.39 is 0 Å². The van der Waals surface area contributed by atoms with Crippen LogP contribution < -0.4 is 20.4 Å². The second-order valence-electron chi connectivity index (χ2n) is 10.0. The third-order valence-electron chi connectivity index (χ3n) is 6.79. The van der Waals surface area contributed by atoms with Crippen LogP contribution >= 0.6 is 0 Å². The largest absolute Gasteiger partial charge is 0.377 e. The van der Waals surface area contributed by atoms with Crippen LogP contribution in [0.25, 0.3) is 5.57 Å². The first-order chi connectivity index (χ1) is 18.0. The molecule has 0 bridgehead atoms. The average molecular weight is 525 g/mol. The molecule has 0 aliphatic carbocycles. The Hall–Kier alpha value is -3.43. The number of nitrogens with one attached hydrogen (secondary N) is 2. The Morgan fingerprint density at radius 3 is 2.39 bits per heavy atom. The lowest BCUT2D eigenvalue weighted by molar-refractivity contribution is -0.145. The van der Waals surface area contributed by atoms with Gasteiger partial charge in [-0.3, -0.25) is 14.6 Å². The Bertz CT molecular complexity index is 1180. The summed E-state index contributed by atoms with van der Waals surface area (Å²) in [6.07, 6.45) is 0. The normalized spacial score (nSPS) is 12.7. The molecule has 206 valence electrons. The molecule has 0 unspecified atom stereocenters. The third kappa shape index (κ3) is 7.11. The first-order valence-electron chi connectivity index (χ1n) is 13.0. The monoisotopic (exact) mass is 524 g/mol. The van der Waals surface area contributed by atoms with Gasteiger partial charge in [-0.15, -0.1) is 0 Å². The number of anilines is 2. The summed E-state index contributed by atoms with van der Waals surface area (Å²) in [4.78, 5) is 30.3. The van der Waals surface area contributed by atoms with E-state index in [2.05, 4.69) is 23.3 Å². The fourth-order valence-electron chi connectivity index (χ4n) is 4.64. The maximum atomic E-state index is 13.7. The molecular weight excluding hydrogens is 483 g/mol. The van der Waals surface area contributed by atoms with Gasteiger partial charge < -0.3 is 20.4 Å². The van der Waals surface area contributed by atoms with Crippen molar-refractivity contribution in [3.8, 4) is 0 Å². The van der Waals surface area contributed by atoms with E-state index in [0.717, 1.165) is 45.7 Å². The highest BCUT2D eigenvalue weighted by Crippen LogP contribution is 2.33. The van der Waals surface area contributed by atoms with Crippen molar-refractivity contribution in [2.45, 2.75) is 33.9 Å². The van der Waals surface area contributed by atoms with Gasteiger partial charge in [-0.1, -0.05) is 19.6 Å². The summed E-state index contributed by atoms with van der Waals surface area (Å²) in [5, 5.41) is 9.60. The van der Waals surface area contributed by atoms with E-state index in [0.29, 0.717) is 26.2 Å². The minimum atomic E-state index is -0.282. The lowest BCUT2D eigenvalue weighted by Gasteiger charge is -2.32. The van der Waals surface area contributed by atoms with Gasteiger partial charge in [-0.05, 0) is 66.9 Å². The number of hydrogen-bond acceptors (Lipinski definition) is 6. The Balaban J connectivity index is 1.84. The molecule has 1 aliphatic heterocycles. The van der Waals surface area contributed by atoms with Gasteiger partial charge in [0.05, 0.1) is 13.1 Å². The van der Waals surface area contributed by atoms with E-state index in [1.807, 2.05) is 55.7 Å². The van der Waals surface area contributed by atoms with Crippen LogP contribution in [0.1, 0.15) is 36.1 Å². The van der Waals surface area contributed by atoms with Gasteiger partial charge in [-0.25, -0.2) is 9.40 Å². The highest BCUT2D eigenvalue weighted by molar-refractivity contribution is 5.88. The Morgan fingerprint density at radius 2 is 1.74 bits per heavy atom. The van der Waals surface area contributed by atoms with Crippen molar-refractivity contribution in [1.29, 1.82) is 0 Å². The molecule has 0 spiro atoms. The van der Waals surface area contributed by atoms with E-state index in [9.17, 15) is 14.0 Å². The van der Waals surface area contributed by atoms with Gasteiger partial charge in [0.15, 0.2) is 0 Å². The molecule has 0 saturated heterocycles. The van der Waals surface area contributed by atoms with Crippen molar-refractivity contribution < 1.29 is 14.0 Å². The third-order valence-corrected chi connectivity index (χ3v) is 6.79. The van der Waals surface area contributed by atoms with Gasteiger partial charge >= 0.3 is 0 Å². The topological polar surface area (TPSA) is 71.2 Å². The number of halogens is 1. The molecule has 1 aliphatic rings. The van der Waals surface area contributed by atoms with Crippen molar-refractivity contribution in [1.82, 2.24) is 20.7 Å². The molecule has 8 nitrogen and oxygen atoms in total. The summed E-state index contributed by atoms with van der Waals surface area (Å²) < 4.78 is 13.7. The number of amides is 2. The standard InChI is InChI=1S/C29H41FN6O2/c1-8-31-11-12-32-28(37)18-35(26-15-25(20(2)3)27(33(5)6)13-21(26)4)19-29(38)34(7)36-16-22-9-10-24(30)14-23(22)17-36/h9-10,13-15,31H,2,8,11-12,16-19H2,1,3-7H3,(H,32,37). The highest BCUT2D eigenvalue weighted by atomic mass is 19.1. The van der Waals surface area contributed by atoms with E-state index >= 15 is 0 Å². The fourth-order valence-corrected chi connectivity index (χ4v) is 4.64. The first kappa shape index (κ1) is 29.1. The number of carbonyl (C=O) groups excluding carboxylic acids is 2. The summed E-state index contributed by atoms with van der Waals surface area (Å²) in [5.74, 6) is -0.599. The van der Waals surface area contributed by atoms with Crippen molar-refractivity contribution in [2.75, 3.05) is 63.7 Å². The number of carbonyl (C=O) groups is 2. The maximum Gasteiger partial charge on any atom is 0.256 e. The average Bonchev–Trinajstić information content (AvgIpc) is 3.28. The number of fused-ring (bicyclic) bond motifs is 1. The molecule has 38 heavy (non-hydrogen) atoms. The van der Waals surface area contributed by atoms with E-state index in [4.69, 9.17) is 0 Å². The van der Waals surface area contributed by atoms with E-state index in [1.165, 1.54) is 12.1 Å². The van der Waals surface area contributed by atoms with Crippen LogP contribution in [0, 0.1) is 12.7 Å². The minimum absolute atomic E-state index is 0.0100. The second kappa shape index (κ2) is 12.9. The number of nitrogens with zero attached hydrogens (tertiary/aromatic N) is 4. The zero-order valence-corrected chi connectivity index (χ0v) is 23.5. The smallest absolute Gasteiger partial charge is 0.256 e. The van der Waals surface area contributed by atoms with Crippen molar-refractivity contribution in [3.63, 3.8) is 0 Å². The molecule has 0 radical (unpaired) electrons. The van der Waals surface area contributed by atoms with Crippen LogP contribution in [0.4, 0.5) is 15.8 Å². The highest BCUT2D eigenvalue weighted by Gasteiger charge is 2.28. The van der Waals surface area contributed by atoms with Gasteiger partial charge in [0, 0.05) is 64.3 Å². The molecule has 9 heteroatoms. The molecule has 2 N–H and O–H groups in total. The van der Waals surface area contributed by atoms with Gasteiger partial charge in [0.1, 0.15) is 5.82 Å². The first-order valence-corrected chi connectivity index (χ1v) is 13.0. The number of likely N-dealkylation sites (N-methyl/N-ethyl adjacent to an activating group) is 2. The Morgan fingerprint density at radius 1 is 1.03 bits per heavy atom. The fraction of sp³-hybridized carbons (Fsp3) is 0.448. The molecule has 1 heterocycles. The molecule has 2 aromatic carbocycles. The molecule has 0 aromatic heterocycles. The summed E-state index contributed by atoms with van der Waals surface area (Å²) >= 11 is 0. The lowest BCUT2D eigenvalue weighted by atomic mass is 10.0. The second-order valence-corrected chi connectivity index (χ2v) is 10.0. The summed E-state index contributed by atoms with van der Waals surface area (Å²) in [6.45, 7) is 13.1. The van der Waals surface area contributed by atoms with Crippen LogP contribution in [0.2, 0.25) is 0 Å². The summed E-state index contributed by atoms with van der Waals surface area (Å²) in [7, 11) is 5.68. The molecule has 0 saturated carbocycles. The van der Waals surface area contributed by atoms with Crippen molar-refractivity contribution >= 4 is 28.8 Å². The number of hydrazine groups is 1. The molecule has 0 fully saturated rings. The summed E-state index contributed by atoms with van der Waals surface area (Å²) in [5.41, 5.74) is 6.54. The molecular formula is C29H41FN6O2. The van der Waals surface area contributed by atoms with Crippen LogP contribution in [0.3, 0.4) is 0 Å². The van der Waals surface area contributed by atoms with Crippen LogP contribution in [-0.2, 0) is 22.7 Å². The quantitative estimate of drug-likeness (QED) is 0.416. The molecule has 3 rings (SSSR count). The number of hydrogen-bond donors (Lipinski definition) is 2. The zero-order valence-electron chi connectivity index (χ0n) is 23.5. The van der Waals surface area contributed by atoms with Crippen LogP contribution in [0.5, 0.6) is 0 Å². The minimum Gasteiger partial charge on any atom is -0.377 e. The van der Waals surface area contributed by atoms with Gasteiger partial charge in [0.25, 0.3) is 5.91 Å². The van der Waals surface area contributed by atoms with Crippen LogP contribution in [-0.4, -0.2) is 75.7 Å². The maximum absolute atomic E-state index is 13.7. The Kier molecular flexibility index (Phi) is 9.88. The predicted octanol–water partition coefficient (Wildman–Crippen LogP) is 3.15. The van der Waals surface area contributed by atoms with E-state index in [1.54, 1.807) is 18.1 Å². The number of rotatable bonds is 12. The number of aryl methyl sites for hydroxylation is 1. The van der Waals surface area contributed by atoms with Gasteiger partial charge in [-0.2, -0.15) is 0 Å². The number of benzene rings is 2. The number of allylic oxidation sites excluding steroid dienone is 1. The lowest BCUT2D eigenvalue weighted by Crippen LogP contribution is -2.48. The van der Waals surface area contributed by atoms with Crippen LogP contribution in [0.15, 0.2) is 36.9 Å². The molecule has 2 amide bonds. The summed E-state index contributed by atoms with van der Waals surface area (Å²) in [6, 6.07) is 8.81. The van der Waals surface area contributed by atoms with Crippen molar-refractivity contribution in [2.24, 2.45) is 0 Å². The Labute approximate surface area is 226 Å². The van der Waals surface area contributed by atoms with Gasteiger partial charge in [0.2, 0.25) is 5.91 Å². The molecule has 2 aromatic rings.